The van der Waals surface area contributed by atoms with E-state index in [1.54, 1.807) is 11.7 Å². The molecule has 0 N–H and O–H groups in total. The number of anilines is 1. The van der Waals surface area contributed by atoms with E-state index < -0.39 is 0 Å². The van der Waals surface area contributed by atoms with Gasteiger partial charge in [-0.25, -0.2) is 0 Å². The summed E-state index contributed by atoms with van der Waals surface area (Å²) in [4.78, 5) is 25.3. The van der Waals surface area contributed by atoms with Gasteiger partial charge in [-0.3, -0.25) is 14.8 Å². The molecule has 0 spiro atoms. The van der Waals surface area contributed by atoms with Gasteiger partial charge in [-0.2, -0.15) is 0 Å². The summed E-state index contributed by atoms with van der Waals surface area (Å²) in [5, 5.41) is 0. The van der Waals surface area contributed by atoms with E-state index in [0.717, 1.165) is 11.4 Å². The molecule has 2 aromatic rings. The lowest BCUT2D eigenvalue weighted by atomic mass is 10.1. The summed E-state index contributed by atoms with van der Waals surface area (Å²) in [5.74, 6) is 0.0145. The highest BCUT2D eigenvalue weighted by Crippen LogP contribution is 2.23. The minimum absolute atomic E-state index is 0.0145. The SMILES string of the molecule is CN(C)c1ccc([C@@H]2CN(C(=O)c3cncs3)CCO2)nc1. The van der Waals surface area contributed by atoms with Crippen molar-refractivity contribution in [1.82, 2.24) is 14.9 Å². The Labute approximate surface area is 133 Å². The molecule has 2 aromatic heterocycles. The highest BCUT2D eigenvalue weighted by molar-refractivity contribution is 7.11. The topological polar surface area (TPSA) is 58.6 Å². The molecule has 3 rings (SSSR count). The first kappa shape index (κ1) is 14.9. The number of carbonyl (C=O) groups excluding carboxylic acids is 1. The molecule has 1 fully saturated rings. The second-order valence-electron chi connectivity index (χ2n) is 5.31. The van der Waals surface area contributed by atoms with Gasteiger partial charge in [0.05, 0.1) is 42.4 Å². The van der Waals surface area contributed by atoms with Gasteiger partial charge in [0.2, 0.25) is 0 Å². The predicted molar refractivity (Wildman–Crippen MR) is 85.3 cm³/mol. The van der Waals surface area contributed by atoms with Crippen molar-refractivity contribution in [1.29, 1.82) is 0 Å². The van der Waals surface area contributed by atoms with Gasteiger partial charge >= 0.3 is 0 Å². The smallest absolute Gasteiger partial charge is 0.265 e. The number of pyridine rings is 1. The number of morpholine rings is 1. The second-order valence-corrected chi connectivity index (χ2v) is 6.20. The number of thiazole rings is 1. The zero-order valence-corrected chi connectivity index (χ0v) is 13.4. The fourth-order valence-corrected chi connectivity index (χ4v) is 2.93. The van der Waals surface area contributed by atoms with Crippen LogP contribution < -0.4 is 4.90 Å². The largest absolute Gasteiger partial charge is 0.376 e. The van der Waals surface area contributed by atoms with Crippen LogP contribution in [0.25, 0.3) is 0 Å². The van der Waals surface area contributed by atoms with E-state index in [4.69, 9.17) is 4.74 Å². The Morgan fingerprint density at radius 1 is 1.41 bits per heavy atom. The quantitative estimate of drug-likeness (QED) is 0.864. The normalized spacial score (nSPS) is 18.3. The monoisotopic (exact) mass is 318 g/mol. The van der Waals surface area contributed by atoms with Crippen molar-refractivity contribution < 1.29 is 9.53 Å². The Balaban J connectivity index is 1.71. The van der Waals surface area contributed by atoms with Crippen molar-refractivity contribution in [2.75, 3.05) is 38.7 Å². The highest BCUT2D eigenvalue weighted by Gasteiger charge is 2.27. The molecule has 116 valence electrons. The lowest BCUT2D eigenvalue weighted by molar-refractivity contribution is -0.0245. The van der Waals surface area contributed by atoms with Crippen molar-refractivity contribution in [3.8, 4) is 0 Å². The third-order valence-corrected chi connectivity index (χ3v) is 4.37. The Morgan fingerprint density at radius 2 is 2.27 bits per heavy atom. The molecule has 1 saturated heterocycles. The van der Waals surface area contributed by atoms with Gasteiger partial charge in [0.15, 0.2) is 0 Å². The van der Waals surface area contributed by atoms with Gasteiger partial charge in [-0.1, -0.05) is 0 Å². The van der Waals surface area contributed by atoms with Crippen LogP contribution in [0.2, 0.25) is 0 Å². The highest BCUT2D eigenvalue weighted by atomic mass is 32.1. The number of rotatable bonds is 3. The van der Waals surface area contributed by atoms with Crippen LogP contribution in [-0.4, -0.2) is 54.6 Å². The van der Waals surface area contributed by atoms with E-state index in [-0.39, 0.29) is 12.0 Å². The molecule has 1 aliphatic heterocycles. The van der Waals surface area contributed by atoms with Crippen molar-refractivity contribution in [3.05, 3.63) is 40.6 Å². The number of aromatic nitrogens is 2. The fourth-order valence-electron chi connectivity index (χ4n) is 2.34. The first-order valence-electron chi connectivity index (χ1n) is 7.08. The molecule has 1 amide bonds. The molecule has 3 heterocycles. The molecule has 1 aliphatic rings. The van der Waals surface area contributed by atoms with E-state index in [1.807, 2.05) is 42.2 Å². The van der Waals surface area contributed by atoms with Gasteiger partial charge in [-0.15, -0.1) is 11.3 Å². The average molecular weight is 318 g/mol. The number of hydrogen-bond acceptors (Lipinski definition) is 6. The molecule has 22 heavy (non-hydrogen) atoms. The summed E-state index contributed by atoms with van der Waals surface area (Å²) in [5.41, 5.74) is 3.57. The maximum Gasteiger partial charge on any atom is 0.265 e. The predicted octanol–water partition coefficient (Wildman–Crippen LogP) is 1.82. The Bertz CT molecular complexity index is 628. The minimum Gasteiger partial charge on any atom is -0.376 e. The maximum atomic E-state index is 12.4. The van der Waals surface area contributed by atoms with Crippen LogP contribution in [0.15, 0.2) is 30.0 Å². The van der Waals surface area contributed by atoms with Gasteiger partial charge in [-0.05, 0) is 12.1 Å². The number of carbonyl (C=O) groups is 1. The molecule has 7 heteroatoms. The maximum absolute atomic E-state index is 12.4. The summed E-state index contributed by atoms with van der Waals surface area (Å²) in [7, 11) is 3.95. The molecule has 0 bridgehead atoms. The van der Waals surface area contributed by atoms with Crippen LogP contribution in [0, 0.1) is 0 Å². The van der Waals surface area contributed by atoms with Crippen molar-refractivity contribution >= 4 is 22.9 Å². The number of amides is 1. The van der Waals surface area contributed by atoms with E-state index >= 15 is 0 Å². The first-order valence-corrected chi connectivity index (χ1v) is 7.96. The van der Waals surface area contributed by atoms with Crippen LogP contribution in [0.1, 0.15) is 21.5 Å². The molecule has 0 unspecified atom stereocenters. The third-order valence-electron chi connectivity index (χ3n) is 3.61. The minimum atomic E-state index is -0.179. The van der Waals surface area contributed by atoms with E-state index in [1.165, 1.54) is 11.3 Å². The van der Waals surface area contributed by atoms with Gasteiger partial charge in [0.1, 0.15) is 11.0 Å². The molecule has 0 aromatic carbocycles. The molecule has 0 aliphatic carbocycles. The molecule has 0 saturated carbocycles. The number of nitrogens with zero attached hydrogens (tertiary/aromatic N) is 4. The second kappa shape index (κ2) is 6.41. The lowest BCUT2D eigenvalue weighted by Crippen LogP contribution is -2.42. The summed E-state index contributed by atoms with van der Waals surface area (Å²) in [6.45, 7) is 1.64. The molecule has 6 nitrogen and oxygen atoms in total. The van der Waals surface area contributed by atoms with E-state index in [2.05, 4.69) is 9.97 Å². The Kier molecular flexibility index (Phi) is 4.35. The summed E-state index contributed by atoms with van der Waals surface area (Å²) < 4.78 is 5.78. The Morgan fingerprint density at radius 3 is 2.91 bits per heavy atom. The van der Waals surface area contributed by atoms with Crippen LogP contribution in [0.3, 0.4) is 0 Å². The first-order chi connectivity index (χ1) is 10.6. The molecule has 1 atom stereocenters. The number of hydrogen-bond donors (Lipinski definition) is 0. The van der Waals surface area contributed by atoms with Crippen LogP contribution >= 0.6 is 11.3 Å². The average Bonchev–Trinajstić information content (AvgIpc) is 3.09. The lowest BCUT2D eigenvalue weighted by Gasteiger charge is -2.32. The van der Waals surface area contributed by atoms with Gasteiger partial charge in [0, 0.05) is 20.6 Å². The molecule has 0 radical (unpaired) electrons. The fraction of sp³-hybridized carbons (Fsp3) is 0.400. The number of ether oxygens (including phenoxy) is 1. The summed E-state index contributed by atoms with van der Waals surface area (Å²) in [6, 6.07) is 3.97. The molecular weight excluding hydrogens is 300 g/mol. The third kappa shape index (κ3) is 3.10. The van der Waals surface area contributed by atoms with Crippen molar-refractivity contribution in [2.45, 2.75) is 6.10 Å². The van der Waals surface area contributed by atoms with Gasteiger partial charge < -0.3 is 14.5 Å². The Hall–Kier alpha value is -1.99. The molecular formula is C15H18N4O2S. The van der Waals surface area contributed by atoms with Crippen LogP contribution in [-0.2, 0) is 4.74 Å². The van der Waals surface area contributed by atoms with Crippen molar-refractivity contribution in [3.63, 3.8) is 0 Å². The zero-order valence-electron chi connectivity index (χ0n) is 12.6. The van der Waals surface area contributed by atoms with E-state index in [9.17, 15) is 4.79 Å². The van der Waals surface area contributed by atoms with Crippen LogP contribution in [0.5, 0.6) is 0 Å². The van der Waals surface area contributed by atoms with Crippen LogP contribution in [0.4, 0.5) is 5.69 Å². The van der Waals surface area contributed by atoms with Crippen molar-refractivity contribution in [2.24, 2.45) is 0 Å². The summed E-state index contributed by atoms with van der Waals surface area (Å²) >= 11 is 1.36. The van der Waals surface area contributed by atoms with E-state index in [0.29, 0.717) is 24.6 Å². The zero-order chi connectivity index (χ0) is 15.5. The standard InChI is InChI=1S/C15H18N4O2S/c1-18(2)11-3-4-12(17-7-11)13-9-19(5-6-21-13)15(20)14-8-16-10-22-14/h3-4,7-8,10,13H,5-6,9H2,1-2H3/t13-/m0/s1. The summed E-state index contributed by atoms with van der Waals surface area (Å²) in [6.07, 6.45) is 3.26. The van der Waals surface area contributed by atoms with Gasteiger partial charge in [0.25, 0.3) is 5.91 Å².